The molecule has 6 aliphatic rings. The Morgan fingerprint density at radius 2 is 1.32 bits per heavy atom. The number of aliphatic hydroxyl groups is 10. The number of allylic oxidation sites excluding steroid dienone is 2. The van der Waals surface area contributed by atoms with E-state index in [-0.39, 0.29) is 23.7 Å². The van der Waals surface area contributed by atoms with Gasteiger partial charge >= 0.3 is 0 Å². The van der Waals surface area contributed by atoms with Crippen molar-refractivity contribution in [1.29, 1.82) is 0 Å². The highest BCUT2D eigenvalue weighted by Gasteiger charge is 2.74. The van der Waals surface area contributed by atoms with Crippen molar-refractivity contribution in [1.82, 2.24) is 0 Å². The Hall–Kier alpha value is -0.820. The summed E-state index contributed by atoms with van der Waals surface area (Å²) in [7, 11) is 0. The quantitative estimate of drug-likeness (QED) is 0.110. The molecule has 0 amide bonds. The summed E-state index contributed by atoms with van der Waals surface area (Å²) in [5, 5.41) is 109. The van der Waals surface area contributed by atoms with Crippen molar-refractivity contribution in [2.45, 2.75) is 192 Å². The van der Waals surface area contributed by atoms with Crippen LogP contribution in [0.15, 0.2) is 11.6 Å². The van der Waals surface area contributed by atoms with E-state index in [4.69, 9.17) is 18.9 Å². The van der Waals surface area contributed by atoms with E-state index >= 15 is 0 Å². The van der Waals surface area contributed by atoms with E-state index < -0.39 is 120 Å². The lowest BCUT2D eigenvalue weighted by molar-refractivity contribution is -0.349. The standard InChI is InChI=1S/C42H72O14/c1-20(2)10-9-13-42(8,56-37-34(52)32(50)30(48)25(19-44)55-37)21-11-15-40(6)28(21)22(45)16-26-39(5)14-12-27(46)38(3,4)35(39)23(17-41(26,40)7)53-36-33(51)31(49)29(47)24(18-43)54-36/h10,21-37,43-52H,9,11-19H2,1-8H3/t21-,22+,23-,24-,25+,26+,27-,28-,29+,30+,31-,32-,33+,34+,35-,36-,37-,39-,40+,41-,42-/m1/s1. The number of hydrogen-bond acceptors (Lipinski definition) is 14. The van der Waals surface area contributed by atoms with Gasteiger partial charge in [-0.15, -0.1) is 0 Å². The average molecular weight is 801 g/mol. The van der Waals surface area contributed by atoms with Gasteiger partial charge in [0.05, 0.1) is 37.1 Å². The second-order valence-corrected chi connectivity index (χ2v) is 20.2. The summed E-state index contributed by atoms with van der Waals surface area (Å²) >= 11 is 0. The van der Waals surface area contributed by atoms with Crippen LogP contribution in [-0.4, -0.2) is 150 Å². The molecule has 0 aromatic carbocycles. The number of hydrogen-bond donors (Lipinski definition) is 10. The fourth-order valence-corrected chi connectivity index (χ4v) is 13.5. The molecule has 2 saturated heterocycles. The van der Waals surface area contributed by atoms with Crippen LogP contribution in [0.25, 0.3) is 0 Å². The Balaban J connectivity index is 1.39. The van der Waals surface area contributed by atoms with Gasteiger partial charge in [-0.3, -0.25) is 0 Å². The van der Waals surface area contributed by atoms with Gasteiger partial charge in [0.2, 0.25) is 0 Å². The minimum Gasteiger partial charge on any atom is -0.394 e. The van der Waals surface area contributed by atoms with Crippen LogP contribution in [0.5, 0.6) is 0 Å². The molecular formula is C42H72O14. The van der Waals surface area contributed by atoms with Gasteiger partial charge in [-0.25, -0.2) is 0 Å². The minimum absolute atomic E-state index is 0.000258. The molecule has 56 heavy (non-hydrogen) atoms. The van der Waals surface area contributed by atoms with Gasteiger partial charge in [0.15, 0.2) is 12.6 Å². The van der Waals surface area contributed by atoms with Crippen LogP contribution in [0, 0.1) is 45.3 Å². The van der Waals surface area contributed by atoms with Gasteiger partial charge in [-0.2, -0.15) is 0 Å². The summed E-state index contributed by atoms with van der Waals surface area (Å²) in [5.41, 5.74) is -1.92. The van der Waals surface area contributed by atoms with E-state index in [0.29, 0.717) is 44.9 Å². The normalized spacial score (nSPS) is 52.6. The zero-order chi connectivity index (χ0) is 41.5. The van der Waals surface area contributed by atoms with Crippen LogP contribution in [0.3, 0.4) is 0 Å². The molecule has 10 N–H and O–H groups in total. The van der Waals surface area contributed by atoms with Crippen molar-refractivity contribution in [3.05, 3.63) is 11.6 Å². The topological polar surface area (TPSA) is 239 Å². The Labute approximate surface area is 331 Å². The molecule has 0 spiro atoms. The van der Waals surface area contributed by atoms with Crippen molar-refractivity contribution in [2.24, 2.45) is 45.3 Å². The monoisotopic (exact) mass is 800 g/mol. The Kier molecular flexibility index (Phi) is 12.7. The number of fused-ring (bicyclic) bond motifs is 5. The van der Waals surface area contributed by atoms with Crippen LogP contribution >= 0.6 is 0 Å². The van der Waals surface area contributed by atoms with Crippen molar-refractivity contribution >= 4 is 0 Å². The van der Waals surface area contributed by atoms with Gasteiger partial charge in [0.25, 0.3) is 0 Å². The highest BCUT2D eigenvalue weighted by atomic mass is 16.7. The first-order valence-electron chi connectivity index (χ1n) is 21.0. The lowest BCUT2D eigenvalue weighted by Gasteiger charge is -2.72. The third-order valence-electron chi connectivity index (χ3n) is 16.6. The van der Waals surface area contributed by atoms with Crippen LogP contribution in [0.1, 0.15) is 107 Å². The third kappa shape index (κ3) is 7.06. The summed E-state index contributed by atoms with van der Waals surface area (Å²) in [6, 6.07) is 0. The zero-order valence-electron chi connectivity index (χ0n) is 34.6. The highest BCUT2D eigenvalue weighted by molar-refractivity contribution is 5.22. The van der Waals surface area contributed by atoms with Gasteiger partial charge in [-0.05, 0) is 117 Å². The molecule has 14 heteroatoms. The van der Waals surface area contributed by atoms with Crippen LogP contribution in [0.4, 0.5) is 0 Å². The van der Waals surface area contributed by atoms with Gasteiger partial charge in [0.1, 0.15) is 48.8 Å². The van der Waals surface area contributed by atoms with Gasteiger partial charge < -0.3 is 70.0 Å². The second-order valence-electron chi connectivity index (χ2n) is 20.2. The molecule has 2 heterocycles. The van der Waals surface area contributed by atoms with E-state index in [9.17, 15) is 51.1 Å². The fraction of sp³-hybridized carbons (Fsp3) is 0.952. The fourth-order valence-electron chi connectivity index (χ4n) is 13.5. The third-order valence-corrected chi connectivity index (χ3v) is 16.6. The summed E-state index contributed by atoms with van der Waals surface area (Å²) in [6.45, 7) is 15.7. The van der Waals surface area contributed by atoms with E-state index in [1.807, 2.05) is 34.6 Å². The predicted molar refractivity (Wildman–Crippen MR) is 202 cm³/mol. The maximum Gasteiger partial charge on any atom is 0.187 e. The first-order valence-corrected chi connectivity index (χ1v) is 21.0. The first-order chi connectivity index (χ1) is 26.0. The van der Waals surface area contributed by atoms with Crippen molar-refractivity contribution in [3.63, 3.8) is 0 Å². The molecule has 6 fully saturated rings. The predicted octanol–water partition coefficient (Wildman–Crippen LogP) is 1.12. The minimum atomic E-state index is -1.61. The molecule has 4 aliphatic carbocycles. The Morgan fingerprint density at radius 3 is 1.89 bits per heavy atom. The highest BCUT2D eigenvalue weighted by Crippen LogP contribution is 2.76. The first kappa shape index (κ1) is 44.7. The molecule has 0 unspecified atom stereocenters. The Morgan fingerprint density at radius 1 is 0.750 bits per heavy atom. The Bertz CT molecular complexity index is 1400. The molecule has 21 atom stereocenters. The smallest absolute Gasteiger partial charge is 0.187 e. The number of aliphatic hydroxyl groups excluding tert-OH is 10. The average Bonchev–Trinajstić information content (AvgIpc) is 3.52. The number of rotatable bonds is 10. The molecule has 0 aromatic rings. The molecule has 4 saturated carbocycles. The molecule has 2 aliphatic heterocycles. The molecule has 324 valence electrons. The second kappa shape index (κ2) is 15.9. The summed E-state index contributed by atoms with van der Waals surface area (Å²) < 4.78 is 25.4. The van der Waals surface area contributed by atoms with Crippen molar-refractivity contribution < 1.29 is 70.0 Å². The van der Waals surface area contributed by atoms with Crippen LogP contribution in [0.2, 0.25) is 0 Å². The summed E-state index contributed by atoms with van der Waals surface area (Å²) in [5.74, 6) is -0.781. The van der Waals surface area contributed by atoms with Crippen LogP contribution in [-0.2, 0) is 18.9 Å². The largest absolute Gasteiger partial charge is 0.394 e. The van der Waals surface area contributed by atoms with E-state index in [2.05, 4.69) is 26.8 Å². The number of ether oxygens (including phenoxy) is 4. The molecule has 0 bridgehead atoms. The zero-order valence-corrected chi connectivity index (χ0v) is 34.6. The molecule has 14 nitrogen and oxygen atoms in total. The maximum atomic E-state index is 12.6. The van der Waals surface area contributed by atoms with E-state index in [1.165, 1.54) is 0 Å². The van der Waals surface area contributed by atoms with Crippen LogP contribution < -0.4 is 0 Å². The van der Waals surface area contributed by atoms with Crippen molar-refractivity contribution in [2.75, 3.05) is 13.2 Å². The molecule has 0 radical (unpaired) electrons. The summed E-state index contributed by atoms with van der Waals surface area (Å²) in [4.78, 5) is 0. The molecule has 0 aromatic heterocycles. The van der Waals surface area contributed by atoms with E-state index in [0.717, 1.165) is 12.0 Å². The van der Waals surface area contributed by atoms with Gasteiger partial charge in [0, 0.05) is 0 Å². The SMILES string of the molecule is CC(C)=CCC[C@@](C)(O[C@H]1O[C@@H](CO)[C@H](O)[C@@H](O)[C@@H]1O)[C@@H]1CC[C@@]2(C)[C@H]1[C@@H](O)C[C@H]1[C@@]3(C)CC[C@@H](O)C(C)(C)[C@H]3[C@H](O[C@@H]3O[C@H](CO)[C@H](O)[C@@H](O)[C@@H]3O)C[C@]12C. The van der Waals surface area contributed by atoms with Gasteiger partial charge in [-0.1, -0.05) is 46.3 Å². The van der Waals surface area contributed by atoms with Crippen molar-refractivity contribution in [3.8, 4) is 0 Å². The van der Waals surface area contributed by atoms with E-state index in [1.54, 1.807) is 0 Å². The molecule has 6 rings (SSSR count). The molecular weight excluding hydrogens is 728 g/mol. The lowest BCUT2D eigenvalue weighted by atomic mass is 9.34. The maximum absolute atomic E-state index is 12.6. The lowest BCUT2D eigenvalue weighted by Crippen LogP contribution is -2.71. The summed E-state index contributed by atoms with van der Waals surface area (Å²) in [6.07, 6.45) is -9.52.